The molecule has 0 aliphatic carbocycles. The third-order valence-electron chi connectivity index (χ3n) is 1.29. The van der Waals surface area contributed by atoms with Crippen molar-refractivity contribution in [3.63, 3.8) is 0 Å². The molecule has 0 aromatic carbocycles. The molecule has 3 nitrogen and oxygen atoms in total. The lowest BCUT2D eigenvalue weighted by molar-refractivity contribution is 0.127. The van der Waals surface area contributed by atoms with Crippen molar-refractivity contribution in [2.24, 2.45) is 0 Å². The fourth-order valence-corrected chi connectivity index (χ4v) is 1.78. The maximum atomic E-state index is 5.72. The fourth-order valence-electron chi connectivity index (χ4n) is 0.940. The topological polar surface area (TPSA) is 27.7 Å². The van der Waals surface area contributed by atoms with Crippen LogP contribution in [0.15, 0.2) is 24.4 Å². The van der Waals surface area contributed by atoms with Crippen molar-refractivity contribution in [3.05, 3.63) is 24.4 Å². The molecule has 0 amide bonds. The maximum absolute atomic E-state index is 5.72. The second kappa shape index (κ2) is 5.85. The van der Waals surface area contributed by atoms with E-state index in [1.165, 1.54) is 6.26 Å². The summed E-state index contributed by atoms with van der Waals surface area (Å²) in [6.07, 6.45) is 1.59. The van der Waals surface area contributed by atoms with E-state index in [0.717, 1.165) is 0 Å². The van der Waals surface area contributed by atoms with E-state index in [1.54, 1.807) is 7.11 Å². The molecule has 0 aliphatic heterocycles. The van der Waals surface area contributed by atoms with Crippen molar-refractivity contribution in [3.8, 4) is 0 Å². The van der Waals surface area contributed by atoms with Crippen molar-refractivity contribution >= 4 is 8.32 Å². The average Bonchev–Trinajstić information content (AvgIpc) is 1.99. The molecule has 0 rings (SSSR count). The van der Waals surface area contributed by atoms with Crippen LogP contribution < -0.4 is 0 Å². The molecule has 0 bridgehead atoms. The van der Waals surface area contributed by atoms with Crippen molar-refractivity contribution in [2.45, 2.75) is 39.6 Å². The zero-order valence-electron chi connectivity index (χ0n) is 10.6. The number of ether oxygens (including phenoxy) is 2. The van der Waals surface area contributed by atoms with Gasteiger partial charge in [-0.15, -0.1) is 0 Å². The first-order chi connectivity index (χ1) is 6.76. The summed E-state index contributed by atoms with van der Waals surface area (Å²) in [4.78, 5) is 0. The Morgan fingerprint density at radius 3 is 2.13 bits per heavy atom. The normalized spacial score (nSPS) is 12.6. The molecular weight excluding hydrogens is 208 g/mol. The summed E-state index contributed by atoms with van der Waals surface area (Å²) in [5, 5.41) is 0. The Kier molecular flexibility index (Phi) is 5.50. The molecule has 0 radical (unpaired) electrons. The van der Waals surface area contributed by atoms with Crippen LogP contribution >= 0.6 is 0 Å². The molecular formula is C11H22O3Si. The first kappa shape index (κ1) is 14.1. The number of hydrogen-bond acceptors (Lipinski definition) is 3. The summed E-state index contributed by atoms with van der Waals surface area (Å²) < 4.78 is 16.2. The molecule has 0 unspecified atom stereocenters. The molecule has 0 spiro atoms. The van der Waals surface area contributed by atoms with E-state index in [-0.39, 0.29) is 6.10 Å². The smallest absolute Gasteiger partial charge is 0.242 e. The second-order valence-electron chi connectivity index (χ2n) is 4.52. The van der Waals surface area contributed by atoms with Gasteiger partial charge in [0.2, 0.25) is 8.32 Å². The van der Waals surface area contributed by atoms with Crippen LogP contribution in [0.3, 0.4) is 0 Å². The quantitative estimate of drug-likeness (QED) is 0.398. The van der Waals surface area contributed by atoms with Crippen molar-refractivity contribution in [1.82, 2.24) is 0 Å². The van der Waals surface area contributed by atoms with Crippen LogP contribution in [0.2, 0.25) is 19.6 Å². The molecule has 0 N–H and O–H groups in total. The lowest BCUT2D eigenvalue weighted by Gasteiger charge is -2.23. The van der Waals surface area contributed by atoms with Crippen LogP contribution in [-0.4, -0.2) is 21.5 Å². The highest BCUT2D eigenvalue weighted by Crippen LogP contribution is 2.18. The highest BCUT2D eigenvalue weighted by atomic mass is 28.4. The summed E-state index contributed by atoms with van der Waals surface area (Å²) in [7, 11) is -0.0642. The van der Waals surface area contributed by atoms with Gasteiger partial charge in [0.15, 0.2) is 5.76 Å². The van der Waals surface area contributed by atoms with E-state index in [9.17, 15) is 0 Å². The monoisotopic (exact) mass is 230 g/mol. The SMILES string of the molecule is C=C(O[Si](C)(C)C)C(=COC)OC(C)C. The standard InChI is InChI=1S/C11H22O3Si/c1-9(2)13-11(8-12-4)10(3)14-15(5,6)7/h8-9H,3H2,1-2,4-7H3. The van der Waals surface area contributed by atoms with Crippen molar-refractivity contribution < 1.29 is 13.9 Å². The van der Waals surface area contributed by atoms with Gasteiger partial charge in [0.05, 0.1) is 13.2 Å². The van der Waals surface area contributed by atoms with Crippen LogP contribution in [0.1, 0.15) is 13.8 Å². The highest BCUT2D eigenvalue weighted by Gasteiger charge is 2.20. The predicted molar refractivity (Wildman–Crippen MR) is 64.9 cm³/mol. The highest BCUT2D eigenvalue weighted by molar-refractivity contribution is 6.70. The first-order valence-electron chi connectivity index (χ1n) is 5.04. The molecule has 0 saturated heterocycles. The van der Waals surface area contributed by atoms with Crippen LogP contribution in [0, 0.1) is 0 Å². The lowest BCUT2D eigenvalue weighted by atomic mass is 10.4. The Labute approximate surface area is 93.9 Å². The van der Waals surface area contributed by atoms with Gasteiger partial charge in [-0.05, 0) is 33.5 Å². The van der Waals surface area contributed by atoms with E-state index in [0.29, 0.717) is 11.5 Å². The van der Waals surface area contributed by atoms with Gasteiger partial charge in [-0.3, -0.25) is 0 Å². The Balaban J connectivity index is 4.51. The number of methoxy groups -OCH3 is 1. The summed E-state index contributed by atoms with van der Waals surface area (Å²) in [5.74, 6) is 1.11. The minimum absolute atomic E-state index is 0.0772. The molecule has 0 fully saturated rings. The predicted octanol–water partition coefficient (Wildman–Crippen LogP) is 3.26. The summed E-state index contributed by atoms with van der Waals surface area (Å²) >= 11 is 0. The largest absolute Gasteiger partial charge is 0.542 e. The maximum Gasteiger partial charge on any atom is 0.242 e. The van der Waals surface area contributed by atoms with E-state index in [2.05, 4.69) is 26.2 Å². The van der Waals surface area contributed by atoms with Crippen molar-refractivity contribution in [2.75, 3.05) is 7.11 Å². The third kappa shape index (κ3) is 7.08. The summed E-state index contributed by atoms with van der Waals surface area (Å²) in [6, 6.07) is 0. The molecule has 15 heavy (non-hydrogen) atoms. The Hall–Kier alpha value is -0.903. The van der Waals surface area contributed by atoms with E-state index < -0.39 is 8.32 Å². The van der Waals surface area contributed by atoms with Gasteiger partial charge in [-0.2, -0.15) is 0 Å². The molecule has 0 atom stereocenters. The summed E-state index contributed by atoms with van der Waals surface area (Å²) in [5.41, 5.74) is 0. The van der Waals surface area contributed by atoms with Crippen LogP contribution in [0.25, 0.3) is 0 Å². The zero-order valence-corrected chi connectivity index (χ0v) is 11.6. The van der Waals surface area contributed by atoms with Gasteiger partial charge < -0.3 is 13.9 Å². The van der Waals surface area contributed by atoms with Crippen molar-refractivity contribution in [1.29, 1.82) is 0 Å². The zero-order chi connectivity index (χ0) is 12.1. The fraction of sp³-hybridized carbons (Fsp3) is 0.636. The Bertz CT molecular complexity index is 239. The van der Waals surface area contributed by atoms with Gasteiger partial charge in [-0.25, -0.2) is 0 Å². The first-order valence-corrected chi connectivity index (χ1v) is 8.45. The molecule has 4 heteroatoms. The van der Waals surface area contributed by atoms with Gasteiger partial charge in [0.1, 0.15) is 12.0 Å². The van der Waals surface area contributed by atoms with Crippen LogP contribution in [0.4, 0.5) is 0 Å². The van der Waals surface area contributed by atoms with E-state index in [1.807, 2.05) is 13.8 Å². The van der Waals surface area contributed by atoms with Gasteiger partial charge in [-0.1, -0.05) is 6.58 Å². The Morgan fingerprint density at radius 1 is 1.27 bits per heavy atom. The van der Waals surface area contributed by atoms with Gasteiger partial charge in [0, 0.05) is 0 Å². The Morgan fingerprint density at radius 2 is 1.80 bits per heavy atom. The third-order valence-corrected chi connectivity index (χ3v) is 2.15. The molecule has 0 aromatic rings. The molecule has 0 heterocycles. The molecule has 0 aliphatic rings. The minimum Gasteiger partial charge on any atom is -0.542 e. The van der Waals surface area contributed by atoms with Gasteiger partial charge >= 0.3 is 0 Å². The van der Waals surface area contributed by atoms with Gasteiger partial charge in [0.25, 0.3) is 0 Å². The van der Waals surface area contributed by atoms with E-state index in [4.69, 9.17) is 13.9 Å². The van der Waals surface area contributed by atoms with Crippen LogP contribution in [0.5, 0.6) is 0 Å². The molecule has 0 saturated carbocycles. The van der Waals surface area contributed by atoms with E-state index >= 15 is 0 Å². The summed E-state index contributed by atoms with van der Waals surface area (Å²) in [6.45, 7) is 14.0. The molecule has 0 aromatic heterocycles. The number of rotatable bonds is 6. The average molecular weight is 230 g/mol. The van der Waals surface area contributed by atoms with Crippen LogP contribution in [-0.2, 0) is 13.9 Å². The second-order valence-corrected chi connectivity index (χ2v) is 8.95. The number of hydrogen-bond donors (Lipinski definition) is 0. The molecule has 88 valence electrons. The lowest BCUT2D eigenvalue weighted by Crippen LogP contribution is -2.25. The minimum atomic E-state index is -1.64.